The Hall–Kier alpha value is -2.17. The summed E-state index contributed by atoms with van der Waals surface area (Å²) in [4.78, 5) is 15.9. The summed E-state index contributed by atoms with van der Waals surface area (Å²) >= 11 is 7.18. The number of carbonyl (C=O) groups is 1. The van der Waals surface area contributed by atoms with Gasteiger partial charge in [-0.3, -0.25) is 4.79 Å². The van der Waals surface area contributed by atoms with Gasteiger partial charge in [0.15, 0.2) is 0 Å². The van der Waals surface area contributed by atoms with Crippen molar-refractivity contribution in [2.24, 2.45) is 5.92 Å². The lowest BCUT2D eigenvalue weighted by Crippen LogP contribution is -2.43. The van der Waals surface area contributed by atoms with E-state index in [1.165, 1.54) is 11.1 Å². The lowest BCUT2D eigenvalue weighted by atomic mass is 9.75. The molecule has 3 aromatic rings. The predicted molar refractivity (Wildman–Crippen MR) is 129 cm³/mol. The Morgan fingerprint density at radius 2 is 1.63 bits per heavy atom. The number of hydrogen-bond acceptors (Lipinski definition) is 1. The number of halogens is 2. The number of nitrogens with zero attached hydrogens (tertiary/aromatic N) is 1. The second kappa shape index (κ2) is 7.82. The van der Waals surface area contributed by atoms with Crippen LogP contribution in [0.2, 0.25) is 0 Å². The van der Waals surface area contributed by atoms with Crippen molar-refractivity contribution in [3.63, 3.8) is 0 Å². The fourth-order valence-electron chi connectivity index (χ4n) is 4.81. The number of allylic oxidation sites excluding steroid dienone is 2. The topological polar surface area (TPSA) is 20.3 Å². The van der Waals surface area contributed by atoms with E-state index >= 15 is 0 Å². The van der Waals surface area contributed by atoms with Gasteiger partial charge >= 0.3 is 0 Å². The van der Waals surface area contributed by atoms with Crippen molar-refractivity contribution in [3.05, 3.63) is 110 Å². The first-order chi connectivity index (χ1) is 14.5. The molecule has 0 N–H and O–H groups in total. The molecular weight excluding hydrogens is 502 g/mol. The minimum Gasteiger partial charge on any atom is -0.300 e. The zero-order chi connectivity index (χ0) is 20.8. The predicted octanol–water partition coefficient (Wildman–Crippen LogP) is 7.58. The molecule has 0 saturated heterocycles. The molecule has 1 aliphatic heterocycles. The van der Waals surface area contributed by atoms with Crippen LogP contribution in [-0.2, 0) is 0 Å². The van der Waals surface area contributed by atoms with Crippen LogP contribution in [-0.4, -0.2) is 5.91 Å². The average Bonchev–Trinajstić information content (AvgIpc) is 3.23. The molecule has 0 aromatic heterocycles. The molecule has 1 aliphatic carbocycles. The molecule has 2 nitrogen and oxygen atoms in total. The molecule has 30 heavy (non-hydrogen) atoms. The first kappa shape index (κ1) is 19.8. The summed E-state index contributed by atoms with van der Waals surface area (Å²) in [5, 5.41) is 0. The number of rotatable bonds is 2. The van der Waals surface area contributed by atoms with Crippen molar-refractivity contribution in [3.8, 4) is 0 Å². The van der Waals surface area contributed by atoms with Crippen molar-refractivity contribution < 1.29 is 4.79 Å². The van der Waals surface area contributed by atoms with Crippen LogP contribution in [0.1, 0.15) is 45.4 Å². The van der Waals surface area contributed by atoms with Crippen LogP contribution < -0.4 is 4.90 Å². The Balaban J connectivity index is 1.70. The molecular formula is C26H21Br2NO. The number of carbonyl (C=O) groups excluding carboxylic acids is 1. The summed E-state index contributed by atoms with van der Waals surface area (Å²) < 4.78 is 2.09. The summed E-state index contributed by atoms with van der Waals surface area (Å²) in [6, 6.07) is 22.6. The van der Waals surface area contributed by atoms with Crippen LogP contribution in [0.25, 0.3) is 0 Å². The van der Waals surface area contributed by atoms with E-state index < -0.39 is 0 Å². The van der Waals surface area contributed by atoms with Gasteiger partial charge in [-0.1, -0.05) is 73.8 Å². The standard InChI is InChI=1S/C26H21Br2NO/c1-16-5-7-18(8-6-16)26(30)29-24-14-13-20(28)15-23(24)21-3-2-4-22(21)25(29)17-9-11-19(27)12-10-17/h2-3,5-15,21-22,25H,4H2,1H3/t21-,22-,25+/m1/s1. The highest BCUT2D eigenvalue weighted by molar-refractivity contribution is 9.10. The molecule has 1 heterocycles. The third kappa shape index (κ3) is 3.36. The van der Waals surface area contributed by atoms with Gasteiger partial charge in [0, 0.05) is 26.1 Å². The molecule has 0 saturated carbocycles. The number of fused-ring (bicyclic) bond motifs is 3. The summed E-state index contributed by atoms with van der Waals surface area (Å²) in [6.45, 7) is 2.04. The third-order valence-electron chi connectivity index (χ3n) is 6.23. The van der Waals surface area contributed by atoms with Crippen LogP contribution >= 0.6 is 31.9 Å². The molecule has 0 unspecified atom stereocenters. The Kier molecular flexibility index (Phi) is 5.16. The molecule has 4 heteroatoms. The SMILES string of the molecule is Cc1ccc(C(=O)N2c3ccc(Br)cc3[C@@H]3C=CC[C@H]3[C@@H]2c2ccc(Br)cc2)cc1. The van der Waals surface area contributed by atoms with Crippen LogP contribution in [0.3, 0.4) is 0 Å². The molecule has 150 valence electrons. The molecule has 3 aromatic carbocycles. The molecule has 0 fully saturated rings. The van der Waals surface area contributed by atoms with Crippen molar-refractivity contribution in [1.82, 2.24) is 0 Å². The van der Waals surface area contributed by atoms with Gasteiger partial charge in [0.2, 0.25) is 0 Å². The van der Waals surface area contributed by atoms with E-state index in [0.29, 0.717) is 11.8 Å². The first-order valence-corrected chi connectivity index (χ1v) is 11.7. The van der Waals surface area contributed by atoms with E-state index in [2.05, 4.69) is 80.4 Å². The Bertz CT molecular complexity index is 1130. The van der Waals surface area contributed by atoms with Crippen LogP contribution in [0.15, 0.2) is 87.8 Å². The Labute approximate surface area is 193 Å². The minimum absolute atomic E-state index is 0.0134. The van der Waals surface area contributed by atoms with Gasteiger partial charge in [-0.2, -0.15) is 0 Å². The Morgan fingerprint density at radius 3 is 2.37 bits per heavy atom. The summed E-state index contributed by atoms with van der Waals surface area (Å²) in [7, 11) is 0. The lowest BCUT2D eigenvalue weighted by molar-refractivity contribution is 0.0961. The van der Waals surface area contributed by atoms with Crippen molar-refractivity contribution in [2.75, 3.05) is 4.90 Å². The summed E-state index contributed by atoms with van der Waals surface area (Å²) in [5.41, 5.74) is 5.27. The molecule has 0 radical (unpaired) electrons. The number of aryl methyl sites for hydroxylation is 1. The van der Waals surface area contributed by atoms with Gasteiger partial charge in [-0.05, 0) is 72.9 Å². The van der Waals surface area contributed by atoms with E-state index in [-0.39, 0.29) is 11.9 Å². The average molecular weight is 523 g/mol. The van der Waals surface area contributed by atoms with Crippen LogP contribution in [0, 0.1) is 12.8 Å². The smallest absolute Gasteiger partial charge is 0.258 e. The molecule has 5 rings (SSSR count). The zero-order valence-corrected chi connectivity index (χ0v) is 19.7. The van der Waals surface area contributed by atoms with E-state index in [1.807, 2.05) is 42.2 Å². The molecule has 0 spiro atoms. The third-order valence-corrected chi connectivity index (χ3v) is 7.26. The fraction of sp³-hybridized carbons (Fsp3) is 0.192. The van der Waals surface area contributed by atoms with Crippen molar-refractivity contribution in [1.29, 1.82) is 0 Å². The summed E-state index contributed by atoms with van der Waals surface area (Å²) in [6.07, 6.45) is 5.55. The van der Waals surface area contributed by atoms with E-state index in [9.17, 15) is 4.79 Å². The van der Waals surface area contributed by atoms with E-state index in [0.717, 1.165) is 32.2 Å². The van der Waals surface area contributed by atoms with E-state index in [1.54, 1.807) is 0 Å². The molecule has 0 bridgehead atoms. The second-order valence-corrected chi connectivity index (χ2v) is 9.93. The van der Waals surface area contributed by atoms with Gasteiger partial charge in [-0.15, -0.1) is 0 Å². The largest absolute Gasteiger partial charge is 0.300 e. The minimum atomic E-state index is -0.0134. The van der Waals surface area contributed by atoms with Gasteiger partial charge in [0.1, 0.15) is 0 Å². The zero-order valence-electron chi connectivity index (χ0n) is 16.6. The number of amides is 1. The highest BCUT2D eigenvalue weighted by Crippen LogP contribution is 2.54. The van der Waals surface area contributed by atoms with Crippen molar-refractivity contribution in [2.45, 2.75) is 25.3 Å². The quantitative estimate of drug-likeness (QED) is 0.317. The Morgan fingerprint density at radius 1 is 0.933 bits per heavy atom. The molecule has 1 amide bonds. The van der Waals surface area contributed by atoms with Gasteiger partial charge < -0.3 is 4.90 Å². The van der Waals surface area contributed by atoms with Gasteiger partial charge in [0.25, 0.3) is 5.91 Å². The van der Waals surface area contributed by atoms with Crippen LogP contribution in [0.4, 0.5) is 5.69 Å². The van der Waals surface area contributed by atoms with Gasteiger partial charge in [0.05, 0.1) is 6.04 Å². The normalized spacial score (nSPS) is 22.0. The maximum atomic E-state index is 13.9. The van der Waals surface area contributed by atoms with Crippen molar-refractivity contribution >= 4 is 43.5 Å². The first-order valence-electron chi connectivity index (χ1n) is 10.1. The number of hydrogen-bond donors (Lipinski definition) is 0. The molecule has 3 atom stereocenters. The molecule has 2 aliphatic rings. The lowest BCUT2D eigenvalue weighted by Gasteiger charge is -2.44. The highest BCUT2D eigenvalue weighted by Gasteiger charge is 2.44. The van der Waals surface area contributed by atoms with Gasteiger partial charge in [-0.25, -0.2) is 0 Å². The monoisotopic (exact) mass is 521 g/mol. The second-order valence-electron chi connectivity index (χ2n) is 8.09. The van der Waals surface area contributed by atoms with E-state index in [4.69, 9.17) is 0 Å². The fourth-order valence-corrected chi connectivity index (χ4v) is 5.45. The summed E-state index contributed by atoms with van der Waals surface area (Å²) in [5.74, 6) is 0.687. The maximum absolute atomic E-state index is 13.9. The number of anilines is 1. The van der Waals surface area contributed by atoms with Crippen LogP contribution in [0.5, 0.6) is 0 Å². The maximum Gasteiger partial charge on any atom is 0.258 e. The number of benzene rings is 3. The highest BCUT2D eigenvalue weighted by atomic mass is 79.9.